The van der Waals surface area contributed by atoms with Crippen LogP contribution in [0.25, 0.3) is 0 Å². The summed E-state index contributed by atoms with van der Waals surface area (Å²) >= 11 is 0. The first kappa shape index (κ1) is 19.5. The average Bonchev–Trinajstić information content (AvgIpc) is 2.39. The Balaban J connectivity index is 3.80. The standard InChI is InChI=1S/C12H19F3O6/c1-4-18-9(3)7-21-11(17)20-6-8(2)5-19-10(16)12(13,14)15/h8-9H,4-7H2,1-3H3. The Morgan fingerprint density at radius 1 is 1.00 bits per heavy atom. The first-order valence-corrected chi connectivity index (χ1v) is 6.31. The molecule has 0 aliphatic carbocycles. The molecule has 0 spiro atoms. The number of hydrogen-bond acceptors (Lipinski definition) is 6. The van der Waals surface area contributed by atoms with Gasteiger partial charge in [0.15, 0.2) is 0 Å². The van der Waals surface area contributed by atoms with Crippen molar-refractivity contribution < 1.29 is 41.7 Å². The summed E-state index contributed by atoms with van der Waals surface area (Å²) in [5, 5.41) is 0. The van der Waals surface area contributed by atoms with E-state index in [4.69, 9.17) is 9.47 Å². The van der Waals surface area contributed by atoms with Crippen LogP contribution in [0.2, 0.25) is 0 Å². The third-order valence-electron chi connectivity index (χ3n) is 2.10. The Kier molecular flexibility index (Phi) is 8.75. The van der Waals surface area contributed by atoms with Gasteiger partial charge in [-0.15, -0.1) is 0 Å². The third-order valence-corrected chi connectivity index (χ3v) is 2.10. The van der Waals surface area contributed by atoms with Crippen LogP contribution in [-0.4, -0.2) is 50.8 Å². The maximum atomic E-state index is 11.9. The Labute approximate surface area is 120 Å². The highest BCUT2D eigenvalue weighted by atomic mass is 19.4. The number of esters is 1. The van der Waals surface area contributed by atoms with Crippen LogP contribution in [0.15, 0.2) is 0 Å². The summed E-state index contributed by atoms with van der Waals surface area (Å²) in [7, 11) is 0. The van der Waals surface area contributed by atoms with E-state index < -0.39 is 30.8 Å². The maximum Gasteiger partial charge on any atom is 0.508 e. The van der Waals surface area contributed by atoms with Crippen molar-refractivity contribution in [2.75, 3.05) is 26.4 Å². The van der Waals surface area contributed by atoms with E-state index in [1.807, 2.05) is 0 Å². The quantitative estimate of drug-likeness (QED) is 0.640. The Morgan fingerprint density at radius 3 is 2.05 bits per heavy atom. The number of carbonyl (C=O) groups is 2. The van der Waals surface area contributed by atoms with E-state index in [0.29, 0.717) is 6.61 Å². The average molecular weight is 316 g/mol. The molecule has 0 fully saturated rings. The van der Waals surface area contributed by atoms with Gasteiger partial charge in [-0.2, -0.15) is 13.2 Å². The van der Waals surface area contributed by atoms with E-state index in [-0.39, 0.29) is 19.3 Å². The van der Waals surface area contributed by atoms with Gasteiger partial charge in [0, 0.05) is 12.5 Å². The summed E-state index contributed by atoms with van der Waals surface area (Å²) in [5.41, 5.74) is 0. The van der Waals surface area contributed by atoms with Crippen LogP contribution in [-0.2, 0) is 23.7 Å². The molecule has 2 atom stereocenters. The lowest BCUT2D eigenvalue weighted by Gasteiger charge is -2.15. The molecule has 2 unspecified atom stereocenters. The van der Waals surface area contributed by atoms with Gasteiger partial charge in [0.2, 0.25) is 0 Å². The van der Waals surface area contributed by atoms with Crippen LogP contribution in [0.5, 0.6) is 0 Å². The van der Waals surface area contributed by atoms with Crippen molar-refractivity contribution in [2.45, 2.75) is 33.1 Å². The van der Waals surface area contributed by atoms with E-state index >= 15 is 0 Å². The number of carbonyl (C=O) groups excluding carboxylic acids is 2. The fraction of sp³-hybridized carbons (Fsp3) is 0.833. The van der Waals surface area contributed by atoms with Gasteiger partial charge in [-0.1, -0.05) is 6.92 Å². The molecule has 0 amide bonds. The second-order valence-electron chi connectivity index (χ2n) is 4.34. The zero-order valence-corrected chi connectivity index (χ0v) is 12.1. The number of rotatable bonds is 8. The predicted octanol–water partition coefficient (Wildman–Crippen LogP) is 2.31. The molecule has 0 heterocycles. The minimum atomic E-state index is -5.03. The third kappa shape index (κ3) is 9.94. The normalized spacial score (nSPS) is 14.2. The molecule has 0 saturated heterocycles. The topological polar surface area (TPSA) is 71.1 Å². The fourth-order valence-corrected chi connectivity index (χ4v) is 1.12. The molecule has 0 aromatic rings. The highest BCUT2D eigenvalue weighted by Crippen LogP contribution is 2.17. The Bertz CT molecular complexity index is 331. The molecule has 0 saturated carbocycles. The van der Waals surface area contributed by atoms with Crippen LogP contribution in [0.3, 0.4) is 0 Å². The molecule has 0 aromatic carbocycles. The summed E-state index contributed by atoms with van der Waals surface area (Å²) in [5.74, 6) is -2.87. The maximum absolute atomic E-state index is 11.9. The van der Waals surface area contributed by atoms with E-state index in [9.17, 15) is 22.8 Å². The van der Waals surface area contributed by atoms with Gasteiger partial charge in [0.25, 0.3) is 0 Å². The van der Waals surface area contributed by atoms with Crippen molar-refractivity contribution in [3.8, 4) is 0 Å². The molecule has 21 heavy (non-hydrogen) atoms. The van der Waals surface area contributed by atoms with Gasteiger partial charge in [-0.05, 0) is 13.8 Å². The van der Waals surface area contributed by atoms with Crippen molar-refractivity contribution in [3.63, 3.8) is 0 Å². The van der Waals surface area contributed by atoms with Crippen molar-refractivity contribution in [2.24, 2.45) is 5.92 Å². The second-order valence-corrected chi connectivity index (χ2v) is 4.34. The first-order chi connectivity index (χ1) is 9.66. The smallest absolute Gasteiger partial charge is 0.459 e. The highest BCUT2D eigenvalue weighted by molar-refractivity contribution is 5.75. The summed E-state index contributed by atoms with van der Waals surface area (Å²) in [6.45, 7) is 4.69. The summed E-state index contributed by atoms with van der Waals surface area (Å²) in [4.78, 5) is 21.6. The molecule has 0 rings (SSSR count). The van der Waals surface area contributed by atoms with Crippen molar-refractivity contribution in [1.82, 2.24) is 0 Å². The second kappa shape index (κ2) is 9.43. The minimum Gasteiger partial charge on any atom is -0.459 e. The molecule has 9 heteroatoms. The summed E-state index contributed by atoms with van der Waals surface area (Å²) in [6.07, 6.45) is -6.28. The van der Waals surface area contributed by atoms with Crippen LogP contribution < -0.4 is 0 Å². The molecule has 0 radical (unpaired) electrons. The predicted molar refractivity (Wildman–Crippen MR) is 64.6 cm³/mol. The largest absolute Gasteiger partial charge is 0.508 e. The summed E-state index contributed by atoms with van der Waals surface area (Å²) < 4.78 is 54.1. The Hall–Kier alpha value is -1.51. The lowest BCUT2D eigenvalue weighted by Crippen LogP contribution is -2.28. The zero-order chi connectivity index (χ0) is 16.5. The van der Waals surface area contributed by atoms with E-state index in [0.717, 1.165) is 0 Å². The van der Waals surface area contributed by atoms with Crippen LogP contribution in [0, 0.1) is 5.92 Å². The highest BCUT2D eigenvalue weighted by Gasteiger charge is 2.41. The van der Waals surface area contributed by atoms with Crippen molar-refractivity contribution in [3.05, 3.63) is 0 Å². The van der Waals surface area contributed by atoms with Crippen molar-refractivity contribution in [1.29, 1.82) is 0 Å². The fourth-order valence-electron chi connectivity index (χ4n) is 1.12. The van der Waals surface area contributed by atoms with Gasteiger partial charge < -0.3 is 18.9 Å². The molecule has 6 nitrogen and oxygen atoms in total. The van der Waals surface area contributed by atoms with Crippen molar-refractivity contribution >= 4 is 12.1 Å². The van der Waals surface area contributed by atoms with Gasteiger partial charge in [-0.3, -0.25) is 0 Å². The number of ether oxygens (including phenoxy) is 4. The number of alkyl halides is 3. The van der Waals surface area contributed by atoms with E-state index in [2.05, 4.69) is 9.47 Å². The lowest BCUT2D eigenvalue weighted by molar-refractivity contribution is -0.201. The van der Waals surface area contributed by atoms with Gasteiger partial charge in [0.1, 0.15) is 13.2 Å². The number of halogens is 3. The van der Waals surface area contributed by atoms with Gasteiger partial charge >= 0.3 is 18.3 Å². The summed E-state index contributed by atoms with van der Waals surface area (Å²) in [6, 6.07) is 0. The van der Waals surface area contributed by atoms with Crippen LogP contribution in [0.1, 0.15) is 20.8 Å². The SMILES string of the molecule is CCOC(C)COC(=O)OCC(C)COC(=O)C(F)(F)F. The Morgan fingerprint density at radius 2 is 1.52 bits per heavy atom. The van der Waals surface area contributed by atoms with E-state index in [1.165, 1.54) is 6.92 Å². The molecular weight excluding hydrogens is 297 g/mol. The molecular formula is C12H19F3O6. The van der Waals surface area contributed by atoms with Crippen LogP contribution in [0.4, 0.5) is 18.0 Å². The van der Waals surface area contributed by atoms with Gasteiger partial charge in [0.05, 0.1) is 12.7 Å². The molecule has 0 aliphatic rings. The molecule has 0 N–H and O–H groups in total. The van der Waals surface area contributed by atoms with Gasteiger partial charge in [-0.25, -0.2) is 9.59 Å². The van der Waals surface area contributed by atoms with E-state index in [1.54, 1.807) is 13.8 Å². The molecule has 124 valence electrons. The lowest BCUT2D eigenvalue weighted by atomic mass is 10.2. The minimum absolute atomic E-state index is 0.00408. The molecule has 0 aliphatic heterocycles. The monoisotopic (exact) mass is 316 g/mol. The number of hydrogen-bond donors (Lipinski definition) is 0. The molecule has 0 aromatic heterocycles. The first-order valence-electron chi connectivity index (χ1n) is 6.31. The molecule has 0 bridgehead atoms. The van der Waals surface area contributed by atoms with Crippen LogP contribution >= 0.6 is 0 Å². The zero-order valence-electron chi connectivity index (χ0n) is 12.1.